The summed E-state index contributed by atoms with van der Waals surface area (Å²) < 4.78 is 13.7. The number of amides is 1. The van der Waals surface area contributed by atoms with Crippen LogP contribution in [0.5, 0.6) is 0 Å². The fraction of sp³-hybridized carbons (Fsp3) is 0.190. The number of aromatic nitrogens is 3. The molecule has 6 nitrogen and oxygen atoms in total. The number of aromatic amines is 2. The smallest absolute Gasteiger partial charge is 0.259 e. The standard InChI is InChI=1S/C21H17FN4O2S/c22-12-5-6-17-14(9-12)15-10-26(8-7-18(15)23-17)19(27)11-29-21-24-16-4-2-1-3-13(16)20(28)25-21/h1-6,9,23H,7-8,10-11H2,(H,24,25,28). The van der Waals surface area contributed by atoms with Gasteiger partial charge in [0, 0.05) is 41.7 Å². The molecule has 5 rings (SSSR count). The van der Waals surface area contributed by atoms with Crippen LogP contribution >= 0.6 is 11.8 Å². The topological polar surface area (TPSA) is 81.8 Å². The van der Waals surface area contributed by atoms with Gasteiger partial charge in [-0.05, 0) is 30.3 Å². The number of carbonyl (C=O) groups is 1. The highest BCUT2D eigenvalue weighted by molar-refractivity contribution is 7.99. The van der Waals surface area contributed by atoms with Gasteiger partial charge in [0.15, 0.2) is 5.16 Å². The minimum Gasteiger partial charge on any atom is -0.358 e. The van der Waals surface area contributed by atoms with Crippen LogP contribution in [0.1, 0.15) is 11.3 Å². The Bertz CT molecular complexity index is 1310. The monoisotopic (exact) mass is 408 g/mol. The Labute approximate surface area is 169 Å². The van der Waals surface area contributed by atoms with E-state index in [4.69, 9.17) is 0 Å². The SMILES string of the molecule is O=C(CSc1nc2ccccc2c(=O)[nH]1)N1CCc2[nH]c3ccc(F)cc3c2C1. The van der Waals surface area contributed by atoms with E-state index in [1.54, 1.807) is 29.2 Å². The van der Waals surface area contributed by atoms with E-state index < -0.39 is 0 Å². The fourth-order valence-electron chi connectivity index (χ4n) is 3.75. The molecular formula is C21H17FN4O2S. The van der Waals surface area contributed by atoms with Crippen molar-refractivity contribution in [2.45, 2.75) is 18.1 Å². The summed E-state index contributed by atoms with van der Waals surface area (Å²) in [5, 5.41) is 1.78. The maximum atomic E-state index is 13.7. The highest BCUT2D eigenvalue weighted by Crippen LogP contribution is 2.29. The first-order valence-corrected chi connectivity index (χ1v) is 10.3. The Hall–Kier alpha value is -3.13. The molecule has 0 unspecified atom stereocenters. The van der Waals surface area contributed by atoms with Crippen molar-refractivity contribution >= 4 is 39.5 Å². The van der Waals surface area contributed by atoms with E-state index in [2.05, 4.69) is 15.0 Å². The van der Waals surface area contributed by atoms with Gasteiger partial charge in [0.2, 0.25) is 5.91 Å². The van der Waals surface area contributed by atoms with Crippen molar-refractivity contribution in [2.24, 2.45) is 0 Å². The third kappa shape index (κ3) is 3.29. The van der Waals surface area contributed by atoms with Crippen molar-refractivity contribution in [3.8, 4) is 0 Å². The van der Waals surface area contributed by atoms with E-state index >= 15 is 0 Å². The number of thioether (sulfide) groups is 1. The molecule has 0 saturated heterocycles. The van der Waals surface area contributed by atoms with Gasteiger partial charge in [-0.2, -0.15) is 0 Å². The molecule has 1 amide bonds. The molecule has 8 heteroatoms. The van der Waals surface area contributed by atoms with Gasteiger partial charge in [0.1, 0.15) is 5.82 Å². The predicted octanol–water partition coefficient (Wildman–Crippen LogP) is 3.22. The molecule has 0 bridgehead atoms. The number of carbonyl (C=O) groups excluding carboxylic acids is 1. The number of para-hydroxylation sites is 1. The number of fused-ring (bicyclic) bond motifs is 4. The second kappa shape index (κ2) is 7.04. The number of hydrogen-bond donors (Lipinski definition) is 2. The van der Waals surface area contributed by atoms with Gasteiger partial charge in [0.25, 0.3) is 5.56 Å². The molecule has 1 aliphatic heterocycles. The largest absolute Gasteiger partial charge is 0.358 e. The normalized spacial score (nSPS) is 13.8. The highest BCUT2D eigenvalue weighted by atomic mass is 32.2. The third-order valence-corrected chi connectivity index (χ3v) is 6.07. The van der Waals surface area contributed by atoms with E-state index in [0.717, 1.165) is 22.2 Å². The highest BCUT2D eigenvalue weighted by Gasteiger charge is 2.24. The Kier molecular flexibility index (Phi) is 4.35. The summed E-state index contributed by atoms with van der Waals surface area (Å²) in [5.74, 6) is -0.153. The van der Waals surface area contributed by atoms with Gasteiger partial charge < -0.3 is 14.9 Å². The van der Waals surface area contributed by atoms with Crippen LogP contribution in [0.15, 0.2) is 52.4 Å². The van der Waals surface area contributed by atoms with E-state index in [1.807, 2.05) is 6.07 Å². The third-order valence-electron chi connectivity index (χ3n) is 5.21. The summed E-state index contributed by atoms with van der Waals surface area (Å²) in [6.07, 6.45) is 0.701. The second-order valence-electron chi connectivity index (χ2n) is 7.01. The van der Waals surface area contributed by atoms with Crippen LogP contribution < -0.4 is 5.56 Å². The molecule has 0 radical (unpaired) electrons. The van der Waals surface area contributed by atoms with Crippen LogP contribution in [-0.4, -0.2) is 38.1 Å². The first kappa shape index (κ1) is 17.9. The lowest BCUT2D eigenvalue weighted by molar-refractivity contribution is -0.129. The zero-order valence-electron chi connectivity index (χ0n) is 15.4. The summed E-state index contributed by atoms with van der Waals surface area (Å²) in [6, 6.07) is 11.8. The maximum absolute atomic E-state index is 13.7. The van der Waals surface area contributed by atoms with Gasteiger partial charge in [-0.3, -0.25) is 9.59 Å². The van der Waals surface area contributed by atoms with Crippen molar-refractivity contribution < 1.29 is 9.18 Å². The molecule has 3 heterocycles. The first-order valence-electron chi connectivity index (χ1n) is 9.27. The molecule has 4 aromatic rings. The molecule has 146 valence electrons. The van der Waals surface area contributed by atoms with E-state index in [0.29, 0.717) is 35.6 Å². The van der Waals surface area contributed by atoms with E-state index in [-0.39, 0.29) is 23.0 Å². The van der Waals surface area contributed by atoms with Gasteiger partial charge >= 0.3 is 0 Å². The minimum atomic E-state index is -0.287. The van der Waals surface area contributed by atoms with Gasteiger partial charge in [-0.15, -0.1) is 0 Å². The molecule has 29 heavy (non-hydrogen) atoms. The fourth-order valence-corrected chi connectivity index (χ4v) is 4.52. The lowest BCUT2D eigenvalue weighted by Crippen LogP contribution is -2.37. The van der Waals surface area contributed by atoms with Crippen LogP contribution in [0.25, 0.3) is 21.8 Å². The number of H-pyrrole nitrogens is 2. The molecule has 0 fully saturated rings. The van der Waals surface area contributed by atoms with Crippen molar-refractivity contribution in [3.05, 3.63) is 69.9 Å². The summed E-state index contributed by atoms with van der Waals surface area (Å²) >= 11 is 1.21. The zero-order valence-corrected chi connectivity index (χ0v) is 16.2. The van der Waals surface area contributed by atoms with Crippen molar-refractivity contribution in [3.63, 3.8) is 0 Å². The summed E-state index contributed by atoms with van der Waals surface area (Å²) in [4.78, 5) is 37.2. The number of rotatable bonds is 3. The zero-order chi connectivity index (χ0) is 20.0. The average Bonchev–Trinajstić information content (AvgIpc) is 3.09. The maximum Gasteiger partial charge on any atom is 0.259 e. The van der Waals surface area contributed by atoms with Crippen molar-refractivity contribution in [2.75, 3.05) is 12.3 Å². The number of nitrogens with zero attached hydrogens (tertiary/aromatic N) is 2. The average molecular weight is 408 g/mol. The number of hydrogen-bond acceptors (Lipinski definition) is 4. The summed E-state index contributed by atoms with van der Waals surface area (Å²) in [7, 11) is 0. The van der Waals surface area contributed by atoms with E-state index in [1.165, 1.54) is 23.9 Å². The van der Waals surface area contributed by atoms with Gasteiger partial charge in [0.05, 0.1) is 16.7 Å². The lowest BCUT2D eigenvalue weighted by atomic mass is 10.0. The Morgan fingerprint density at radius 1 is 1.17 bits per heavy atom. The lowest BCUT2D eigenvalue weighted by Gasteiger charge is -2.27. The Morgan fingerprint density at radius 2 is 2.03 bits per heavy atom. The quantitative estimate of drug-likeness (QED) is 0.403. The molecule has 2 aromatic heterocycles. The molecule has 2 N–H and O–H groups in total. The summed E-state index contributed by atoms with van der Waals surface area (Å²) in [5.41, 5.74) is 3.31. The van der Waals surface area contributed by atoms with Crippen LogP contribution in [-0.2, 0) is 17.8 Å². The van der Waals surface area contributed by atoms with Crippen LogP contribution in [0.4, 0.5) is 4.39 Å². The van der Waals surface area contributed by atoms with Crippen molar-refractivity contribution in [1.29, 1.82) is 0 Å². The molecule has 2 aromatic carbocycles. The molecule has 0 atom stereocenters. The minimum absolute atomic E-state index is 0.0396. The number of halogens is 1. The summed E-state index contributed by atoms with van der Waals surface area (Å²) in [6.45, 7) is 1.04. The molecular weight excluding hydrogens is 391 g/mol. The number of nitrogens with one attached hydrogen (secondary N) is 2. The van der Waals surface area contributed by atoms with Crippen LogP contribution in [0.3, 0.4) is 0 Å². The second-order valence-corrected chi connectivity index (χ2v) is 7.98. The molecule has 0 spiro atoms. The predicted molar refractivity (Wildman–Crippen MR) is 110 cm³/mol. The first-order chi connectivity index (χ1) is 14.1. The van der Waals surface area contributed by atoms with Crippen LogP contribution in [0, 0.1) is 5.82 Å². The Balaban J connectivity index is 1.33. The van der Waals surface area contributed by atoms with Crippen molar-refractivity contribution in [1.82, 2.24) is 19.9 Å². The molecule has 0 saturated carbocycles. The van der Waals surface area contributed by atoms with Gasteiger partial charge in [-0.1, -0.05) is 23.9 Å². The molecule has 0 aliphatic carbocycles. The Morgan fingerprint density at radius 3 is 2.93 bits per heavy atom. The van der Waals surface area contributed by atoms with Gasteiger partial charge in [-0.25, -0.2) is 9.37 Å². The van der Waals surface area contributed by atoms with Crippen LogP contribution in [0.2, 0.25) is 0 Å². The molecule has 1 aliphatic rings. The van der Waals surface area contributed by atoms with E-state index in [9.17, 15) is 14.0 Å². The number of benzene rings is 2.